The van der Waals surface area contributed by atoms with Crippen LogP contribution in [0.3, 0.4) is 0 Å². The van der Waals surface area contributed by atoms with Crippen LogP contribution in [-0.2, 0) is 17.4 Å². The summed E-state index contributed by atoms with van der Waals surface area (Å²) < 4.78 is 5.11. The number of benzene rings is 7. The van der Waals surface area contributed by atoms with Crippen molar-refractivity contribution in [1.29, 1.82) is 0 Å². The molecule has 4 heteroatoms. The average Bonchev–Trinajstić information content (AvgIpc) is 3.63. The second-order valence-electron chi connectivity index (χ2n) is 15.0. The molecule has 0 N–H and O–H groups in total. The van der Waals surface area contributed by atoms with Gasteiger partial charge < -0.3 is 0 Å². The molecule has 50 heavy (non-hydrogen) atoms. The molecule has 0 aliphatic heterocycles. The van der Waals surface area contributed by atoms with Crippen LogP contribution in [0, 0.1) is 13.8 Å². The van der Waals surface area contributed by atoms with Gasteiger partial charge in [0.25, 0.3) is 0 Å². The monoisotopic (exact) mass is 782 g/mol. The Bertz CT molecular complexity index is 2530. The van der Waals surface area contributed by atoms with E-state index in [1.54, 1.807) is 14.4 Å². The van der Waals surface area contributed by atoms with Crippen LogP contribution in [0.1, 0.15) is 47.6 Å². The Balaban J connectivity index is 0.00000196. The molecule has 0 saturated heterocycles. The van der Waals surface area contributed by atoms with E-state index in [1.165, 1.54) is 71.6 Å². The van der Waals surface area contributed by atoms with E-state index in [9.17, 15) is 0 Å². The molecule has 0 bridgehead atoms. The van der Waals surface area contributed by atoms with Gasteiger partial charge in [-0.3, -0.25) is 0 Å². The SMILES string of the molecule is CC1=C[CH]([Zr]([CH3])(=[SiH2])([c]2ccccc2)[CH]2c3cc(C)ccc3-c3ccc(C)cc32)c2cccc(-c3cc4ccccc4c4ccccc34)c21.Cl.Cl. The summed E-state index contributed by atoms with van der Waals surface area (Å²) in [5.74, 6) is 0. The van der Waals surface area contributed by atoms with Crippen LogP contribution in [0.25, 0.3) is 49.4 Å². The van der Waals surface area contributed by atoms with Gasteiger partial charge in [-0.25, -0.2) is 0 Å². The third-order valence-corrected chi connectivity index (χ3v) is 35.1. The molecule has 0 fully saturated rings. The zero-order valence-electron chi connectivity index (χ0n) is 29.0. The number of halogens is 2. The second kappa shape index (κ2) is 12.6. The van der Waals surface area contributed by atoms with Gasteiger partial charge in [-0.05, 0) is 0 Å². The summed E-state index contributed by atoms with van der Waals surface area (Å²) in [6.07, 6.45) is 2.70. The molecule has 2 aliphatic rings. The molecular formula is C46H42Cl2SiZr. The van der Waals surface area contributed by atoms with Gasteiger partial charge in [0, 0.05) is 0 Å². The molecule has 9 rings (SSSR count). The van der Waals surface area contributed by atoms with Crippen molar-refractivity contribution < 1.29 is 17.4 Å². The predicted molar refractivity (Wildman–Crippen MR) is 221 cm³/mol. The van der Waals surface area contributed by atoms with Crippen LogP contribution in [0.4, 0.5) is 0 Å². The first kappa shape index (κ1) is 34.9. The molecule has 7 aromatic carbocycles. The maximum atomic E-state index is 2.78. The Kier molecular flexibility index (Phi) is 8.80. The normalized spacial score (nSPS) is 15.1. The van der Waals surface area contributed by atoms with Crippen molar-refractivity contribution in [3.63, 3.8) is 0 Å². The summed E-state index contributed by atoms with van der Waals surface area (Å²) in [6, 6.07) is 53.6. The third-order valence-electron chi connectivity index (χ3n) is 11.9. The van der Waals surface area contributed by atoms with Crippen molar-refractivity contribution in [2.75, 3.05) is 0 Å². The Morgan fingerprint density at radius 1 is 0.500 bits per heavy atom. The Morgan fingerprint density at radius 2 is 1.08 bits per heavy atom. The minimum atomic E-state index is -4.21. The van der Waals surface area contributed by atoms with E-state index in [0.29, 0.717) is 7.25 Å². The number of rotatable bonds is 4. The van der Waals surface area contributed by atoms with Crippen molar-refractivity contribution in [1.82, 2.24) is 0 Å². The predicted octanol–water partition coefficient (Wildman–Crippen LogP) is 12.0. The van der Waals surface area contributed by atoms with Crippen LogP contribution in [0.15, 0.2) is 146 Å². The smallest absolute Gasteiger partial charge is 0.147 e. The summed E-state index contributed by atoms with van der Waals surface area (Å²) in [5, 5.41) is 5.27. The molecule has 0 amide bonds. The standard InChI is InChI=1S/C24H17.C15H13.C6H5.CH3.2ClH.H2Si.Zr/c1-16-13-14-17-8-6-12-22(24(16)17)23-15-18-7-2-3-9-19(18)20-10-4-5-11-21(20)23;1-10-3-5-14-12(7-10)9-13-8-11(2)4-6-15(13)14;1-2-4-6-5-3-1;;;;;/h2-15H,1H3;3-9H,1-2H3;1-5H;1H3;2*1H;1H2;. The van der Waals surface area contributed by atoms with Gasteiger partial charge >= 0.3 is 289 Å². The van der Waals surface area contributed by atoms with Crippen LogP contribution in [0.2, 0.25) is 4.63 Å². The number of aryl methyl sites for hydroxylation is 2. The van der Waals surface area contributed by atoms with Crippen LogP contribution in [0.5, 0.6) is 0 Å². The molecule has 0 spiro atoms. The number of fused-ring (bicyclic) bond motifs is 7. The fraction of sp³-hybridized carbons (Fsp3) is 0.130. The van der Waals surface area contributed by atoms with Crippen LogP contribution >= 0.6 is 24.8 Å². The summed E-state index contributed by atoms with van der Waals surface area (Å²) in [4.78, 5) is 0. The minimum Gasteiger partial charge on any atom is -0.147 e. The second-order valence-corrected chi connectivity index (χ2v) is 41.4. The molecule has 0 saturated carbocycles. The molecule has 1 atom stereocenters. The van der Waals surface area contributed by atoms with E-state index in [4.69, 9.17) is 0 Å². The van der Waals surface area contributed by atoms with Crippen molar-refractivity contribution >= 4 is 62.1 Å². The average molecular weight is 785 g/mol. The summed E-state index contributed by atoms with van der Waals surface area (Å²) in [5.41, 5.74) is 15.7. The van der Waals surface area contributed by atoms with Gasteiger partial charge in [-0.2, -0.15) is 0 Å². The van der Waals surface area contributed by atoms with Gasteiger partial charge in [0.1, 0.15) is 0 Å². The largest absolute Gasteiger partial charge is 0.147 e. The molecule has 248 valence electrons. The van der Waals surface area contributed by atoms with Gasteiger partial charge in [0.15, 0.2) is 0 Å². The molecule has 2 aliphatic carbocycles. The molecular weight excluding hydrogens is 743 g/mol. The van der Waals surface area contributed by atoms with E-state index in [-0.39, 0.29) is 24.8 Å². The topological polar surface area (TPSA) is 0 Å². The Hall–Kier alpha value is -3.52. The van der Waals surface area contributed by atoms with Gasteiger partial charge in [0.2, 0.25) is 0 Å². The van der Waals surface area contributed by atoms with Crippen molar-refractivity contribution in [3.8, 4) is 22.3 Å². The van der Waals surface area contributed by atoms with Gasteiger partial charge in [-0.1, -0.05) is 0 Å². The van der Waals surface area contributed by atoms with Crippen molar-refractivity contribution in [2.24, 2.45) is 0 Å². The zero-order valence-corrected chi connectivity index (χ0v) is 34.5. The molecule has 1 unspecified atom stereocenters. The van der Waals surface area contributed by atoms with Crippen molar-refractivity contribution in [3.05, 3.63) is 179 Å². The minimum absolute atomic E-state index is 0. The van der Waals surface area contributed by atoms with E-state index >= 15 is 0 Å². The fourth-order valence-electron chi connectivity index (χ4n) is 9.67. The molecule has 0 radical (unpaired) electrons. The maximum absolute atomic E-state index is 4.21. The first-order valence-electron chi connectivity index (χ1n) is 17.3. The molecule has 0 heterocycles. The van der Waals surface area contributed by atoms with Crippen LogP contribution in [-0.4, -0.2) is 6.88 Å². The maximum Gasteiger partial charge on any atom is -0.147 e. The van der Waals surface area contributed by atoms with E-state index < -0.39 is 17.4 Å². The summed E-state index contributed by atoms with van der Waals surface area (Å²) >= 11 is -4.21. The summed E-state index contributed by atoms with van der Waals surface area (Å²) in [6.45, 7) is 9.35. The first-order valence-corrected chi connectivity index (χ1v) is 29.7. The van der Waals surface area contributed by atoms with Gasteiger partial charge in [0.05, 0.1) is 0 Å². The Labute approximate surface area is 311 Å². The first-order chi connectivity index (χ1) is 23.2. The third kappa shape index (κ3) is 4.94. The molecule has 7 aromatic rings. The van der Waals surface area contributed by atoms with Crippen molar-refractivity contribution in [2.45, 2.75) is 32.7 Å². The van der Waals surface area contributed by atoms with E-state index in [1.807, 2.05) is 0 Å². The quantitative estimate of drug-likeness (QED) is 0.123. The van der Waals surface area contributed by atoms with E-state index in [0.717, 1.165) is 0 Å². The summed E-state index contributed by atoms with van der Waals surface area (Å²) in [7, 11) is 0. The molecule has 0 nitrogen and oxygen atoms in total. The van der Waals surface area contributed by atoms with Gasteiger partial charge in [-0.15, -0.1) is 24.8 Å². The fourth-order valence-corrected chi connectivity index (χ4v) is 31.0. The number of allylic oxidation sites excluding steroid dienone is 2. The van der Waals surface area contributed by atoms with Crippen LogP contribution < -0.4 is 3.27 Å². The Morgan fingerprint density at radius 3 is 1.74 bits per heavy atom. The molecule has 0 aromatic heterocycles. The number of hydrogen-bond donors (Lipinski definition) is 0. The zero-order chi connectivity index (χ0) is 32.8. The van der Waals surface area contributed by atoms with E-state index in [2.05, 4.69) is 178 Å². The number of hydrogen-bond acceptors (Lipinski definition) is 0.